The van der Waals surface area contributed by atoms with Gasteiger partial charge in [0.15, 0.2) is 0 Å². The highest BCUT2D eigenvalue weighted by Crippen LogP contribution is 2.27. The largest absolute Gasteiger partial charge is 0.334 e. The molecule has 6 heteroatoms. The Hall–Kier alpha value is -2.30. The van der Waals surface area contributed by atoms with E-state index in [1.165, 1.54) is 11.1 Å². The molecule has 1 aliphatic heterocycles. The van der Waals surface area contributed by atoms with Gasteiger partial charge in [0, 0.05) is 18.1 Å². The monoisotopic (exact) mass is 399 g/mol. The Labute approximate surface area is 168 Å². The third-order valence-electron chi connectivity index (χ3n) is 4.98. The number of rotatable bonds is 3. The van der Waals surface area contributed by atoms with E-state index in [4.69, 9.17) is 23.2 Å². The van der Waals surface area contributed by atoms with Crippen LogP contribution in [0.1, 0.15) is 32.7 Å². The van der Waals surface area contributed by atoms with Gasteiger partial charge in [0.2, 0.25) is 0 Å². The maximum atomic E-state index is 13.1. The van der Waals surface area contributed by atoms with Gasteiger partial charge in [0.05, 0.1) is 17.8 Å². The molecule has 0 aliphatic carbocycles. The third kappa shape index (κ3) is 3.47. The van der Waals surface area contributed by atoms with Gasteiger partial charge >= 0.3 is 0 Å². The molecule has 0 saturated heterocycles. The first-order chi connectivity index (χ1) is 13.0. The normalized spacial score (nSPS) is 13.5. The van der Waals surface area contributed by atoms with E-state index in [0.29, 0.717) is 41.1 Å². The van der Waals surface area contributed by atoms with Crippen LogP contribution < -0.4 is 0 Å². The topological polar surface area (TPSA) is 38.1 Å². The van der Waals surface area contributed by atoms with E-state index in [-0.39, 0.29) is 5.91 Å². The van der Waals surface area contributed by atoms with E-state index in [9.17, 15) is 4.79 Å². The van der Waals surface area contributed by atoms with E-state index in [2.05, 4.69) is 17.2 Å². The van der Waals surface area contributed by atoms with Crippen molar-refractivity contribution in [3.05, 3.63) is 86.7 Å². The molecule has 2 heterocycles. The molecule has 0 radical (unpaired) electrons. The number of amides is 1. The first-order valence-corrected chi connectivity index (χ1v) is 9.62. The minimum absolute atomic E-state index is 0.0718. The summed E-state index contributed by atoms with van der Waals surface area (Å²) in [6.45, 7) is 3.53. The van der Waals surface area contributed by atoms with Gasteiger partial charge in [-0.25, -0.2) is 4.68 Å². The second-order valence-corrected chi connectivity index (χ2v) is 7.51. The van der Waals surface area contributed by atoms with Crippen LogP contribution in [0.25, 0.3) is 0 Å². The Balaban J connectivity index is 1.60. The standard InChI is InChI=1S/C21H19Cl2N3O/c1-14-19(20(23)26(24-14)13-17-8-4-5-9-18(17)22)21(27)25-11-10-15-6-2-3-7-16(15)12-25/h2-9H,10-13H2,1H3. The van der Waals surface area contributed by atoms with Crippen molar-refractivity contribution in [1.29, 1.82) is 0 Å². The highest BCUT2D eigenvalue weighted by Gasteiger charge is 2.27. The van der Waals surface area contributed by atoms with Crippen molar-refractivity contribution < 1.29 is 4.79 Å². The van der Waals surface area contributed by atoms with Gasteiger partial charge in [-0.1, -0.05) is 65.7 Å². The highest BCUT2D eigenvalue weighted by atomic mass is 35.5. The summed E-state index contributed by atoms with van der Waals surface area (Å²) in [4.78, 5) is 15.0. The predicted octanol–water partition coefficient (Wildman–Crippen LogP) is 4.75. The first-order valence-electron chi connectivity index (χ1n) is 8.87. The highest BCUT2D eigenvalue weighted by molar-refractivity contribution is 6.33. The minimum atomic E-state index is -0.0718. The molecule has 138 valence electrons. The van der Waals surface area contributed by atoms with E-state index in [0.717, 1.165) is 12.0 Å². The molecule has 27 heavy (non-hydrogen) atoms. The Kier molecular flexibility index (Phi) is 4.94. The zero-order valence-electron chi connectivity index (χ0n) is 15.0. The Morgan fingerprint density at radius 1 is 1.07 bits per heavy atom. The molecule has 2 aromatic carbocycles. The van der Waals surface area contributed by atoms with Gasteiger partial charge in [-0.3, -0.25) is 4.79 Å². The fraction of sp³-hybridized carbons (Fsp3) is 0.238. The smallest absolute Gasteiger partial charge is 0.259 e. The van der Waals surface area contributed by atoms with Crippen LogP contribution >= 0.6 is 23.2 Å². The maximum absolute atomic E-state index is 13.1. The lowest BCUT2D eigenvalue weighted by Gasteiger charge is -2.28. The Bertz CT molecular complexity index is 1010. The lowest BCUT2D eigenvalue weighted by Crippen LogP contribution is -2.36. The van der Waals surface area contributed by atoms with Gasteiger partial charge in [-0.15, -0.1) is 0 Å². The van der Waals surface area contributed by atoms with Crippen molar-refractivity contribution in [2.45, 2.75) is 26.4 Å². The summed E-state index contributed by atoms with van der Waals surface area (Å²) in [5, 5.41) is 5.50. The fourth-order valence-corrected chi connectivity index (χ4v) is 4.03. The summed E-state index contributed by atoms with van der Waals surface area (Å²) in [7, 11) is 0. The molecule has 1 aliphatic rings. The van der Waals surface area contributed by atoms with Crippen LogP contribution in [0, 0.1) is 6.92 Å². The van der Waals surface area contributed by atoms with E-state index in [1.54, 1.807) is 4.68 Å². The van der Waals surface area contributed by atoms with Gasteiger partial charge in [0.25, 0.3) is 5.91 Å². The molecular weight excluding hydrogens is 381 g/mol. The first kappa shape index (κ1) is 18.1. The number of nitrogens with zero attached hydrogens (tertiary/aromatic N) is 3. The zero-order valence-corrected chi connectivity index (χ0v) is 16.5. The summed E-state index contributed by atoms with van der Waals surface area (Å²) in [6, 6.07) is 15.8. The third-order valence-corrected chi connectivity index (χ3v) is 5.73. The van der Waals surface area contributed by atoms with Gasteiger partial charge in [-0.05, 0) is 36.1 Å². The van der Waals surface area contributed by atoms with Crippen LogP contribution in [0.5, 0.6) is 0 Å². The predicted molar refractivity (Wildman–Crippen MR) is 107 cm³/mol. The van der Waals surface area contributed by atoms with Gasteiger partial charge in [0.1, 0.15) is 5.15 Å². The van der Waals surface area contributed by atoms with E-state index >= 15 is 0 Å². The van der Waals surface area contributed by atoms with Crippen molar-refractivity contribution in [3.63, 3.8) is 0 Å². The Morgan fingerprint density at radius 3 is 2.56 bits per heavy atom. The maximum Gasteiger partial charge on any atom is 0.259 e. The summed E-state index contributed by atoms with van der Waals surface area (Å²) in [5.74, 6) is -0.0718. The molecule has 4 nitrogen and oxygen atoms in total. The minimum Gasteiger partial charge on any atom is -0.334 e. The number of hydrogen-bond donors (Lipinski definition) is 0. The second kappa shape index (κ2) is 7.37. The molecule has 4 rings (SSSR count). The summed E-state index contributed by atoms with van der Waals surface area (Å²) >= 11 is 12.8. The molecule has 0 bridgehead atoms. The zero-order chi connectivity index (χ0) is 19.0. The second-order valence-electron chi connectivity index (χ2n) is 6.75. The number of hydrogen-bond acceptors (Lipinski definition) is 2. The van der Waals surface area contributed by atoms with Crippen molar-refractivity contribution in [2.24, 2.45) is 0 Å². The van der Waals surface area contributed by atoms with Crippen molar-refractivity contribution >= 4 is 29.1 Å². The molecule has 0 fully saturated rings. The van der Waals surface area contributed by atoms with Crippen LogP contribution in [-0.2, 0) is 19.5 Å². The number of aryl methyl sites for hydroxylation is 1. The number of halogens is 2. The number of aromatic nitrogens is 2. The quantitative estimate of drug-likeness (QED) is 0.637. The fourth-order valence-electron chi connectivity index (χ4n) is 3.52. The summed E-state index contributed by atoms with van der Waals surface area (Å²) < 4.78 is 1.64. The van der Waals surface area contributed by atoms with Gasteiger partial charge < -0.3 is 4.90 Å². The average molecular weight is 400 g/mol. The summed E-state index contributed by atoms with van der Waals surface area (Å²) in [5.41, 5.74) is 4.52. The van der Waals surface area contributed by atoms with Gasteiger partial charge in [-0.2, -0.15) is 5.10 Å². The molecule has 0 saturated carbocycles. The molecular formula is C21H19Cl2N3O. The molecule has 0 spiro atoms. The molecule has 0 unspecified atom stereocenters. The van der Waals surface area contributed by atoms with Crippen LogP contribution in [-0.4, -0.2) is 27.1 Å². The number of fused-ring (bicyclic) bond motifs is 1. The van der Waals surface area contributed by atoms with Crippen LogP contribution in [0.15, 0.2) is 48.5 Å². The van der Waals surface area contributed by atoms with Crippen molar-refractivity contribution in [1.82, 2.24) is 14.7 Å². The Morgan fingerprint density at radius 2 is 1.78 bits per heavy atom. The van der Waals surface area contributed by atoms with Crippen molar-refractivity contribution in [2.75, 3.05) is 6.54 Å². The van der Waals surface area contributed by atoms with Crippen molar-refractivity contribution in [3.8, 4) is 0 Å². The number of benzene rings is 2. The SMILES string of the molecule is Cc1nn(Cc2ccccc2Cl)c(Cl)c1C(=O)N1CCc2ccccc2C1. The molecule has 3 aromatic rings. The van der Waals surface area contributed by atoms with E-state index < -0.39 is 0 Å². The number of carbonyl (C=O) groups is 1. The lowest BCUT2D eigenvalue weighted by atomic mass is 9.99. The lowest BCUT2D eigenvalue weighted by molar-refractivity contribution is 0.0734. The van der Waals surface area contributed by atoms with E-state index in [1.807, 2.05) is 48.2 Å². The molecule has 1 amide bonds. The molecule has 0 atom stereocenters. The number of carbonyl (C=O) groups excluding carboxylic acids is 1. The van der Waals surface area contributed by atoms with Crippen LogP contribution in [0.2, 0.25) is 10.2 Å². The van der Waals surface area contributed by atoms with Crippen LogP contribution in [0.4, 0.5) is 0 Å². The molecule has 0 N–H and O–H groups in total. The average Bonchev–Trinajstić information content (AvgIpc) is 2.96. The van der Waals surface area contributed by atoms with Crippen LogP contribution in [0.3, 0.4) is 0 Å². The molecule has 1 aromatic heterocycles. The summed E-state index contributed by atoms with van der Waals surface area (Å²) in [6.07, 6.45) is 0.854.